The highest BCUT2D eigenvalue weighted by molar-refractivity contribution is 5.72. The Hall–Kier alpha value is -1.50. The Morgan fingerprint density at radius 1 is 1.33 bits per heavy atom. The van der Waals surface area contributed by atoms with E-state index in [4.69, 9.17) is 5.73 Å². The maximum atomic E-state index is 5.53. The van der Waals surface area contributed by atoms with Gasteiger partial charge in [-0.2, -0.15) is 0 Å². The van der Waals surface area contributed by atoms with E-state index in [-0.39, 0.29) is 0 Å². The molecule has 0 aromatic heterocycles. The third-order valence-corrected chi connectivity index (χ3v) is 1.55. The average Bonchev–Trinajstić information content (AvgIpc) is 2.05. The van der Waals surface area contributed by atoms with E-state index >= 15 is 0 Å². The predicted molar refractivity (Wildman–Crippen MR) is 53.4 cm³/mol. The molecule has 0 aliphatic carbocycles. The standard InChI is InChI=1S/C11H13N/c1-9(8-10(2)12)11-6-4-3-5-7-11/h3-8H,1,12H2,2H3/b10-8+. The zero-order chi connectivity index (χ0) is 8.97. The smallest absolute Gasteiger partial charge is 0.00548 e. The van der Waals surface area contributed by atoms with Gasteiger partial charge in [-0.15, -0.1) is 0 Å². The number of benzene rings is 1. The highest BCUT2D eigenvalue weighted by Crippen LogP contribution is 2.13. The molecule has 0 bridgehead atoms. The molecule has 1 aromatic carbocycles. The second-order valence-electron chi connectivity index (χ2n) is 2.78. The van der Waals surface area contributed by atoms with Crippen LogP contribution in [0.1, 0.15) is 12.5 Å². The quantitative estimate of drug-likeness (QED) is 0.659. The zero-order valence-corrected chi connectivity index (χ0v) is 7.25. The lowest BCUT2D eigenvalue weighted by molar-refractivity contribution is 1.32. The van der Waals surface area contributed by atoms with Crippen molar-refractivity contribution in [2.45, 2.75) is 6.92 Å². The van der Waals surface area contributed by atoms with Crippen molar-refractivity contribution in [3.05, 3.63) is 54.2 Å². The van der Waals surface area contributed by atoms with Gasteiger partial charge in [0.1, 0.15) is 0 Å². The summed E-state index contributed by atoms with van der Waals surface area (Å²) in [4.78, 5) is 0. The highest BCUT2D eigenvalue weighted by Gasteiger charge is 1.92. The van der Waals surface area contributed by atoms with E-state index in [1.807, 2.05) is 43.3 Å². The van der Waals surface area contributed by atoms with Gasteiger partial charge in [0.2, 0.25) is 0 Å². The van der Waals surface area contributed by atoms with Gasteiger partial charge < -0.3 is 5.73 Å². The van der Waals surface area contributed by atoms with Gasteiger partial charge in [-0.3, -0.25) is 0 Å². The van der Waals surface area contributed by atoms with E-state index in [1.165, 1.54) is 0 Å². The molecule has 1 heteroatoms. The number of allylic oxidation sites excluding steroid dienone is 3. The zero-order valence-electron chi connectivity index (χ0n) is 7.25. The Bertz CT molecular complexity index is 292. The molecule has 0 atom stereocenters. The van der Waals surface area contributed by atoms with Crippen LogP contribution < -0.4 is 5.73 Å². The van der Waals surface area contributed by atoms with Crippen LogP contribution in [0.2, 0.25) is 0 Å². The number of hydrogen-bond donors (Lipinski definition) is 1. The molecule has 0 spiro atoms. The van der Waals surface area contributed by atoms with Crippen molar-refractivity contribution < 1.29 is 0 Å². The fourth-order valence-electron chi connectivity index (χ4n) is 1.01. The largest absolute Gasteiger partial charge is 0.402 e. The van der Waals surface area contributed by atoms with Crippen molar-refractivity contribution in [2.75, 3.05) is 0 Å². The van der Waals surface area contributed by atoms with Crippen molar-refractivity contribution in [1.82, 2.24) is 0 Å². The van der Waals surface area contributed by atoms with Gasteiger partial charge in [-0.05, 0) is 24.1 Å². The summed E-state index contributed by atoms with van der Waals surface area (Å²) < 4.78 is 0. The second-order valence-corrected chi connectivity index (χ2v) is 2.78. The normalized spacial score (nSPS) is 11.2. The van der Waals surface area contributed by atoms with Gasteiger partial charge >= 0.3 is 0 Å². The Morgan fingerprint density at radius 2 is 1.92 bits per heavy atom. The molecule has 0 unspecified atom stereocenters. The summed E-state index contributed by atoms with van der Waals surface area (Å²) >= 11 is 0. The summed E-state index contributed by atoms with van der Waals surface area (Å²) in [5, 5.41) is 0. The minimum absolute atomic E-state index is 0.781. The Labute approximate surface area is 73.2 Å². The molecule has 1 aromatic rings. The van der Waals surface area contributed by atoms with Crippen LogP contribution in [0.15, 0.2) is 48.7 Å². The molecule has 62 valence electrons. The Balaban J connectivity index is 2.87. The van der Waals surface area contributed by atoms with E-state index < -0.39 is 0 Å². The number of hydrogen-bond acceptors (Lipinski definition) is 1. The first-order chi connectivity index (χ1) is 5.70. The average molecular weight is 159 g/mol. The van der Waals surface area contributed by atoms with Crippen LogP contribution in [-0.2, 0) is 0 Å². The molecule has 0 aliphatic heterocycles. The van der Waals surface area contributed by atoms with Gasteiger partial charge in [0.25, 0.3) is 0 Å². The lowest BCUT2D eigenvalue weighted by atomic mass is 10.1. The highest BCUT2D eigenvalue weighted by atomic mass is 14.5. The molecule has 0 saturated carbocycles. The maximum absolute atomic E-state index is 5.53. The van der Waals surface area contributed by atoms with Crippen molar-refractivity contribution in [1.29, 1.82) is 0 Å². The maximum Gasteiger partial charge on any atom is 0.00548 e. The molecule has 2 N–H and O–H groups in total. The third kappa shape index (κ3) is 2.27. The van der Waals surface area contributed by atoms with Crippen molar-refractivity contribution in [2.24, 2.45) is 5.73 Å². The van der Waals surface area contributed by atoms with Crippen LogP contribution in [0, 0.1) is 0 Å². The monoisotopic (exact) mass is 159 g/mol. The third-order valence-electron chi connectivity index (χ3n) is 1.55. The summed E-state index contributed by atoms with van der Waals surface area (Å²) in [5.41, 5.74) is 8.38. The summed E-state index contributed by atoms with van der Waals surface area (Å²) in [6, 6.07) is 9.99. The molecule has 0 heterocycles. The van der Waals surface area contributed by atoms with Gasteiger partial charge in [-0.1, -0.05) is 36.9 Å². The Morgan fingerprint density at radius 3 is 2.42 bits per heavy atom. The topological polar surface area (TPSA) is 26.0 Å². The molecule has 0 saturated heterocycles. The summed E-state index contributed by atoms with van der Waals surface area (Å²) in [5.74, 6) is 0. The van der Waals surface area contributed by atoms with E-state index in [2.05, 4.69) is 6.58 Å². The first-order valence-electron chi connectivity index (χ1n) is 3.88. The Kier molecular flexibility index (Phi) is 2.70. The van der Waals surface area contributed by atoms with E-state index in [1.54, 1.807) is 0 Å². The molecule has 0 amide bonds. The molecule has 1 rings (SSSR count). The van der Waals surface area contributed by atoms with Crippen LogP contribution >= 0.6 is 0 Å². The fourth-order valence-corrected chi connectivity index (χ4v) is 1.01. The minimum Gasteiger partial charge on any atom is -0.402 e. The van der Waals surface area contributed by atoms with Crippen LogP contribution in [0.4, 0.5) is 0 Å². The molecule has 12 heavy (non-hydrogen) atoms. The van der Waals surface area contributed by atoms with Gasteiger partial charge in [-0.25, -0.2) is 0 Å². The number of nitrogens with two attached hydrogens (primary N) is 1. The lowest BCUT2D eigenvalue weighted by Gasteiger charge is -1.99. The first-order valence-corrected chi connectivity index (χ1v) is 3.88. The van der Waals surface area contributed by atoms with E-state index in [0.29, 0.717) is 0 Å². The van der Waals surface area contributed by atoms with Crippen LogP contribution in [-0.4, -0.2) is 0 Å². The molecule has 0 fully saturated rings. The molecular weight excluding hydrogens is 146 g/mol. The second kappa shape index (κ2) is 3.77. The number of rotatable bonds is 2. The van der Waals surface area contributed by atoms with Crippen LogP contribution in [0.5, 0.6) is 0 Å². The lowest BCUT2D eigenvalue weighted by Crippen LogP contribution is -1.90. The molecule has 0 aliphatic rings. The van der Waals surface area contributed by atoms with Crippen molar-refractivity contribution >= 4 is 5.57 Å². The summed E-state index contributed by atoms with van der Waals surface area (Å²) in [6.45, 7) is 5.76. The van der Waals surface area contributed by atoms with Crippen LogP contribution in [0.3, 0.4) is 0 Å². The van der Waals surface area contributed by atoms with E-state index in [9.17, 15) is 0 Å². The van der Waals surface area contributed by atoms with E-state index in [0.717, 1.165) is 16.8 Å². The van der Waals surface area contributed by atoms with Gasteiger partial charge in [0.15, 0.2) is 0 Å². The minimum atomic E-state index is 0.781. The first kappa shape index (κ1) is 8.60. The van der Waals surface area contributed by atoms with Crippen LogP contribution in [0.25, 0.3) is 5.57 Å². The van der Waals surface area contributed by atoms with Gasteiger partial charge in [0.05, 0.1) is 0 Å². The SMILES string of the molecule is C=C(/C=C(\C)N)c1ccccc1. The predicted octanol–water partition coefficient (Wildman–Crippen LogP) is 2.56. The van der Waals surface area contributed by atoms with Crippen molar-refractivity contribution in [3.8, 4) is 0 Å². The molecule has 1 nitrogen and oxygen atoms in total. The molecule has 0 radical (unpaired) electrons. The van der Waals surface area contributed by atoms with Crippen molar-refractivity contribution in [3.63, 3.8) is 0 Å². The van der Waals surface area contributed by atoms with Gasteiger partial charge in [0, 0.05) is 5.70 Å². The summed E-state index contributed by atoms with van der Waals surface area (Å²) in [6.07, 6.45) is 1.87. The molecular formula is C11H13N. The fraction of sp³-hybridized carbons (Fsp3) is 0.0909. The summed E-state index contributed by atoms with van der Waals surface area (Å²) in [7, 11) is 0.